The molecule has 0 aliphatic carbocycles. The van der Waals surface area contributed by atoms with Crippen LogP contribution in [-0.2, 0) is 5.41 Å². The van der Waals surface area contributed by atoms with E-state index in [1.165, 1.54) is 24.3 Å². The Morgan fingerprint density at radius 1 is 0.548 bits per heavy atom. The number of hydrogen-bond acceptors (Lipinski definition) is 2. The summed E-state index contributed by atoms with van der Waals surface area (Å²) in [4.78, 5) is 8.90. The molecule has 4 rings (SSSR count). The van der Waals surface area contributed by atoms with E-state index in [1.54, 1.807) is 50.5 Å². The molecule has 0 bridgehead atoms. The van der Waals surface area contributed by atoms with E-state index in [2.05, 4.69) is 9.97 Å². The van der Waals surface area contributed by atoms with Crippen LogP contribution in [0.5, 0.6) is 0 Å². The van der Waals surface area contributed by atoms with Crippen LogP contribution in [0.25, 0.3) is 22.3 Å². The first-order valence-electron chi connectivity index (χ1n) is 9.62. The zero-order valence-corrected chi connectivity index (χ0v) is 16.8. The van der Waals surface area contributed by atoms with Crippen molar-refractivity contribution in [2.75, 3.05) is 0 Å². The first kappa shape index (κ1) is 20.7. The Morgan fingerprint density at radius 2 is 0.935 bits per heavy atom. The number of nitrogens with zero attached hydrogens (tertiary/aromatic N) is 2. The standard InChI is InChI=1S/C25H18F4N2/c1-25(2,23-17(9-5-13-30-23)15-7-3-11-19(26)21(15)28)24-18(10-6-14-31-24)16-8-4-12-20(27)22(16)29/h3-14H,1-2H3. The molecule has 0 spiro atoms. The second-order valence-corrected chi connectivity index (χ2v) is 7.63. The molecule has 0 fully saturated rings. The highest BCUT2D eigenvalue weighted by atomic mass is 19.2. The Morgan fingerprint density at radius 3 is 1.35 bits per heavy atom. The van der Waals surface area contributed by atoms with Crippen molar-refractivity contribution in [3.8, 4) is 22.3 Å². The number of pyridine rings is 2. The van der Waals surface area contributed by atoms with Gasteiger partial charge in [-0.3, -0.25) is 9.97 Å². The number of benzene rings is 2. The van der Waals surface area contributed by atoms with E-state index in [0.29, 0.717) is 22.5 Å². The average Bonchev–Trinajstić information content (AvgIpc) is 2.77. The summed E-state index contributed by atoms with van der Waals surface area (Å²) in [7, 11) is 0. The molecule has 6 heteroatoms. The van der Waals surface area contributed by atoms with Crippen molar-refractivity contribution in [3.05, 3.63) is 108 Å². The lowest BCUT2D eigenvalue weighted by atomic mass is 9.78. The molecule has 156 valence electrons. The van der Waals surface area contributed by atoms with E-state index in [1.807, 2.05) is 0 Å². The Labute approximate surface area is 177 Å². The van der Waals surface area contributed by atoms with Gasteiger partial charge in [-0.15, -0.1) is 0 Å². The number of halogens is 4. The molecule has 0 atom stereocenters. The topological polar surface area (TPSA) is 25.8 Å². The molecule has 31 heavy (non-hydrogen) atoms. The van der Waals surface area contributed by atoms with Crippen molar-refractivity contribution in [2.24, 2.45) is 0 Å². The molecule has 2 aromatic carbocycles. The van der Waals surface area contributed by atoms with Crippen molar-refractivity contribution >= 4 is 0 Å². The van der Waals surface area contributed by atoms with E-state index in [0.717, 1.165) is 12.1 Å². The number of rotatable bonds is 4. The molecule has 0 N–H and O–H groups in total. The van der Waals surface area contributed by atoms with Crippen molar-refractivity contribution in [1.82, 2.24) is 9.97 Å². The molecule has 4 aromatic rings. The van der Waals surface area contributed by atoms with Gasteiger partial charge in [0, 0.05) is 34.6 Å². The third-order valence-corrected chi connectivity index (χ3v) is 5.28. The monoisotopic (exact) mass is 422 g/mol. The molecule has 0 unspecified atom stereocenters. The van der Waals surface area contributed by atoms with Crippen LogP contribution in [0.1, 0.15) is 25.2 Å². The smallest absolute Gasteiger partial charge is 0.166 e. The summed E-state index contributed by atoms with van der Waals surface area (Å²) in [5.74, 6) is -3.90. The summed E-state index contributed by atoms with van der Waals surface area (Å²) in [6.07, 6.45) is 3.09. The van der Waals surface area contributed by atoms with Gasteiger partial charge in [-0.05, 0) is 38.1 Å². The summed E-state index contributed by atoms with van der Waals surface area (Å²) < 4.78 is 57.0. The minimum Gasteiger partial charge on any atom is -0.260 e. The SMILES string of the molecule is CC(C)(c1ncccc1-c1cccc(F)c1F)c1ncccc1-c1cccc(F)c1F. The first-order valence-corrected chi connectivity index (χ1v) is 9.62. The van der Waals surface area contributed by atoms with Crippen molar-refractivity contribution < 1.29 is 17.6 Å². The van der Waals surface area contributed by atoms with E-state index in [-0.39, 0.29) is 11.1 Å². The average molecular weight is 422 g/mol. The highest BCUT2D eigenvalue weighted by Gasteiger charge is 2.33. The van der Waals surface area contributed by atoms with Gasteiger partial charge in [-0.25, -0.2) is 17.6 Å². The Bertz CT molecular complexity index is 1170. The second-order valence-electron chi connectivity index (χ2n) is 7.63. The Hall–Kier alpha value is -3.54. The third kappa shape index (κ3) is 3.58. The van der Waals surface area contributed by atoms with Crippen LogP contribution in [0.15, 0.2) is 73.1 Å². The quantitative estimate of drug-likeness (QED) is 0.342. The van der Waals surface area contributed by atoms with Crippen LogP contribution >= 0.6 is 0 Å². The maximum absolute atomic E-state index is 14.6. The summed E-state index contributed by atoms with van der Waals surface area (Å²) in [6.45, 7) is 3.61. The minimum absolute atomic E-state index is 0.0607. The molecule has 2 aromatic heterocycles. The molecular formula is C25H18F4N2. The summed E-state index contributed by atoms with van der Waals surface area (Å²) in [5, 5.41) is 0. The van der Waals surface area contributed by atoms with Crippen molar-refractivity contribution in [2.45, 2.75) is 19.3 Å². The van der Waals surface area contributed by atoms with Gasteiger partial charge in [0.1, 0.15) is 0 Å². The van der Waals surface area contributed by atoms with Gasteiger partial charge in [-0.2, -0.15) is 0 Å². The van der Waals surface area contributed by atoms with Crippen LogP contribution in [0.4, 0.5) is 17.6 Å². The zero-order chi connectivity index (χ0) is 22.2. The van der Waals surface area contributed by atoms with Crippen molar-refractivity contribution in [3.63, 3.8) is 0 Å². The second kappa shape index (κ2) is 7.95. The molecule has 0 radical (unpaired) electrons. The van der Waals surface area contributed by atoms with Crippen LogP contribution in [0.2, 0.25) is 0 Å². The normalized spacial score (nSPS) is 11.5. The van der Waals surface area contributed by atoms with E-state index in [9.17, 15) is 17.6 Å². The highest BCUT2D eigenvalue weighted by Crippen LogP contribution is 2.41. The highest BCUT2D eigenvalue weighted by molar-refractivity contribution is 5.72. The maximum Gasteiger partial charge on any atom is 0.166 e. The fraction of sp³-hybridized carbons (Fsp3) is 0.120. The lowest BCUT2D eigenvalue weighted by Gasteiger charge is -2.28. The largest absolute Gasteiger partial charge is 0.260 e. The molecule has 0 aliphatic heterocycles. The maximum atomic E-state index is 14.6. The fourth-order valence-electron chi connectivity index (χ4n) is 3.78. The third-order valence-electron chi connectivity index (χ3n) is 5.28. The van der Waals surface area contributed by atoms with Crippen LogP contribution in [0.3, 0.4) is 0 Å². The van der Waals surface area contributed by atoms with E-state index >= 15 is 0 Å². The molecular weight excluding hydrogens is 404 g/mol. The first-order chi connectivity index (χ1) is 14.8. The molecule has 2 nitrogen and oxygen atoms in total. The molecule has 0 saturated carbocycles. The summed E-state index contributed by atoms with van der Waals surface area (Å²) >= 11 is 0. The predicted octanol–water partition coefficient (Wildman–Crippen LogP) is 6.69. The van der Waals surface area contributed by atoms with Gasteiger partial charge in [0.15, 0.2) is 23.3 Å². The molecule has 0 amide bonds. The van der Waals surface area contributed by atoms with Crippen molar-refractivity contribution in [1.29, 1.82) is 0 Å². The van der Waals surface area contributed by atoms with Gasteiger partial charge >= 0.3 is 0 Å². The molecule has 0 aliphatic rings. The molecule has 2 heterocycles. The Kier molecular flexibility index (Phi) is 5.31. The molecule has 0 saturated heterocycles. The van der Waals surface area contributed by atoms with Crippen LogP contribution in [-0.4, -0.2) is 9.97 Å². The van der Waals surface area contributed by atoms with Gasteiger partial charge in [0.25, 0.3) is 0 Å². The van der Waals surface area contributed by atoms with E-state index in [4.69, 9.17) is 0 Å². The summed E-state index contributed by atoms with van der Waals surface area (Å²) in [6, 6.07) is 14.4. The van der Waals surface area contributed by atoms with Gasteiger partial charge < -0.3 is 0 Å². The minimum atomic E-state index is -0.982. The van der Waals surface area contributed by atoms with Gasteiger partial charge in [0.05, 0.1) is 16.8 Å². The number of aromatic nitrogens is 2. The van der Waals surface area contributed by atoms with E-state index < -0.39 is 28.7 Å². The van der Waals surface area contributed by atoms with Gasteiger partial charge in [0.2, 0.25) is 0 Å². The lowest BCUT2D eigenvalue weighted by Crippen LogP contribution is -2.24. The Balaban J connectivity index is 1.95. The lowest BCUT2D eigenvalue weighted by molar-refractivity contribution is 0.509. The fourth-order valence-corrected chi connectivity index (χ4v) is 3.78. The zero-order valence-electron chi connectivity index (χ0n) is 16.8. The predicted molar refractivity (Wildman–Crippen MR) is 111 cm³/mol. The van der Waals surface area contributed by atoms with Gasteiger partial charge in [-0.1, -0.05) is 36.4 Å². The summed E-state index contributed by atoms with van der Waals surface area (Å²) in [5.41, 5.74) is 0.801. The van der Waals surface area contributed by atoms with Crippen LogP contribution in [0, 0.1) is 23.3 Å². The van der Waals surface area contributed by atoms with Crippen LogP contribution < -0.4 is 0 Å². The number of hydrogen-bond donors (Lipinski definition) is 0.